The lowest BCUT2D eigenvalue weighted by Crippen LogP contribution is -2.33. The molecule has 1 aromatic carbocycles. The molecule has 5 rings (SSSR count). The number of ether oxygens (including phenoxy) is 2. The van der Waals surface area contributed by atoms with Crippen LogP contribution in [0.4, 0.5) is 0 Å². The number of carbonyl (C=O) groups is 1. The number of hydrogen-bond donors (Lipinski definition) is 0. The van der Waals surface area contributed by atoms with Crippen LogP contribution < -0.4 is 9.47 Å². The fraction of sp³-hybridized carbons (Fsp3) is 0.182. The van der Waals surface area contributed by atoms with Crippen molar-refractivity contribution < 1.29 is 14.3 Å². The highest BCUT2D eigenvalue weighted by molar-refractivity contribution is 7.09. The highest BCUT2D eigenvalue weighted by Crippen LogP contribution is 2.42. The highest BCUT2D eigenvalue weighted by atomic mass is 32.1. The number of hydrogen-bond acceptors (Lipinski definition) is 6. The monoisotopic (exact) mass is 390 g/mol. The van der Waals surface area contributed by atoms with Crippen molar-refractivity contribution in [3.8, 4) is 11.5 Å². The van der Waals surface area contributed by atoms with Crippen LogP contribution in [0.15, 0.2) is 59.9 Å². The Labute approximate surface area is 166 Å². The van der Waals surface area contributed by atoms with Crippen LogP contribution >= 0.6 is 11.3 Å². The van der Waals surface area contributed by atoms with Gasteiger partial charge >= 0.3 is 0 Å². The van der Waals surface area contributed by atoms with Crippen molar-refractivity contribution in [1.29, 1.82) is 0 Å². The molecule has 0 N–H and O–H groups in total. The first-order valence-electron chi connectivity index (χ1n) is 9.15. The molecule has 2 aromatic heterocycles. The molecule has 0 aliphatic carbocycles. The molecule has 5 nitrogen and oxygen atoms in total. The normalized spacial score (nSPS) is 17.1. The van der Waals surface area contributed by atoms with Crippen molar-refractivity contribution in [2.24, 2.45) is 0 Å². The van der Waals surface area contributed by atoms with Crippen LogP contribution in [0.25, 0.3) is 6.08 Å². The molecule has 140 valence electrons. The maximum Gasteiger partial charge on any atom is 0.231 e. The second-order valence-electron chi connectivity index (χ2n) is 6.79. The van der Waals surface area contributed by atoms with Crippen molar-refractivity contribution in [1.82, 2.24) is 9.88 Å². The van der Waals surface area contributed by atoms with Gasteiger partial charge in [-0.25, -0.2) is 0 Å². The van der Waals surface area contributed by atoms with Gasteiger partial charge in [0.25, 0.3) is 0 Å². The predicted molar refractivity (Wildman–Crippen MR) is 108 cm³/mol. The van der Waals surface area contributed by atoms with E-state index in [0.29, 0.717) is 30.3 Å². The summed E-state index contributed by atoms with van der Waals surface area (Å²) in [6.45, 7) is 2.15. The van der Waals surface area contributed by atoms with Gasteiger partial charge in [-0.1, -0.05) is 6.07 Å². The van der Waals surface area contributed by atoms with Gasteiger partial charge in [-0.3, -0.25) is 14.7 Å². The SMILES string of the molecule is O=C1C(=Cc2ccncc2)Oc2c1ccc1c2CN(CCc2cccs2)CO1. The summed E-state index contributed by atoms with van der Waals surface area (Å²) in [5.74, 6) is 1.67. The van der Waals surface area contributed by atoms with Gasteiger partial charge in [0.1, 0.15) is 18.2 Å². The first-order chi connectivity index (χ1) is 13.8. The van der Waals surface area contributed by atoms with Gasteiger partial charge in [0, 0.05) is 30.4 Å². The van der Waals surface area contributed by atoms with Gasteiger partial charge in [-0.15, -0.1) is 11.3 Å². The number of ketones is 1. The molecule has 3 aromatic rings. The third kappa shape index (κ3) is 3.21. The summed E-state index contributed by atoms with van der Waals surface area (Å²) < 4.78 is 11.9. The largest absolute Gasteiger partial charge is 0.478 e. The van der Waals surface area contributed by atoms with Gasteiger partial charge in [0.2, 0.25) is 5.78 Å². The lowest BCUT2D eigenvalue weighted by Gasteiger charge is -2.29. The van der Waals surface area contributed by atoms with Gasteiger partial charge in [0.05, 0.1) is 11.1 Å². The number of carbonyl (C=O) groups excluding carboxylic acids is 1. The minimum absolute atomic E-state index is 0.0923. The van der Waals surface area contributed by atoms with E-state index in [2.05, 4.69) is 27.4 Å². The zero-order valence-electron chi connectivity index (χ0n) is 15.1. The number of fused-ring (bicyclic) bond motifs is 3. The van der Waals surface area contributed by atoms with Crippen molar-refractivity contribution in [3.63, 3.8) is 0 Å². The molecule has 0 amide bonds. The minimum Gasteiger partial charge on any atom is -0.478 e. The van der Waals surface area contributed by atoms with E-state index in [-0.39, 0.29) is 5.78 Å². The fourth-order valence-corrected chi connectivity index (χ4v) is 4.18. The van der Waals surface area contributed by atoms with E-state index in [9.17, 15) is 4.79 Å². The van der Waals surface area contributed by atoms with E-state index < -0.39 is 0 Å². The third-order valence-corrected chi connectivity index (χ3v) is 5.88. The molecule has 2 aliphatic rings. The number of pyridine rings is 1. The average Bonchev–Trinajstić information content (AvgIpc) is 3.36. The summed E-state index contributed by atoms with van der Waals surface area (Å²) in [5.41, 5.74) is 2.43. The summed E-state index contributed by atoms with van der Waals surface area (Å²) in [6.07, 6.45) is 6.13. The Balaban J connectivity index is 1.39. The van der Waals surface area contributed by atoms with Crippen LogP contribution in [0.2, 0.25) is 0 Å². The lowest BCUT2D eigenvalue weighted by molar-refractivity contribution is 0.0951. The molecule has 0 spiro atoms. The van der Waals surface area contributed by atoms with Gasteiger partial charge < -0.3 is 9.47 Å². The first kappa shape index (κ1) is 17.2. The van der Waals surface area contributed by atoms with E-state index in [0.717, 1.165) is 29.8 Å². The van der Waals surface area contributed by atoms with Crippen LogP contribution in [-0.4, -0.2) is 28.9 Å². The summed E-state index contributed by atoms with van der Waals surface area (Å²) in [7, 11) is 0. The van der Waals surface area contributed by atoms with Crippen LogP contribution in [-0.2, 0) is 13.0 Å². The van der Waals surface area contributed by atoms with E-state index in [1.165, 1.54) is 4.88 Å². The second-order valence-corrected chi connectivity index (χ2v) is 7.83. The maximum atomic E-state index is 12.8. The summed E-state index contributed by atoms with van der Waals surface area (Å²) in [6, 6.07) is 11.6. The number of Topliss-reactive ketones (excluding diaryl/α,β-unsaturated/α-hetero) is 1. The summed E-state index contributed by atoms with van der Waals surface area (Å²) in [5, 5.41) is 2.10. The molecule has 6 heteroatoms. The molecular weight excluding hydrogens is 372 g/mol. The molecule has 0 radical (unpaired) electrons. The molecule has 0 atom stereocenters. The van der Waals surface area contributed by atoms with Crippen LogP contribution in [0, 0.1) is 0 Å². The molecule has 2 aliphatic heterocycles. The number of benzene rings is 1. The Morgan fingerprint density at radius 3 is 2.89 bits per heavy atom. The quantitative estimate of drug-likeness (QED) is 0.627. The minimum atomic E-state index is -0.0923. The molecule has 0 fully saturated rings. The van der Waals surface area contributed by atoms with Crippen LogP contribution in [0.5, 0.6) is 11.5 Å². The standard InChI is InChI=1S/C22H18N2O3S/c25-21-17-3-4-19-18(13-24(14-26-19)10-7-16-2-1-11-28-16)22(17)27-20(21)12-15-5-8-23-9-6-15/h1-6,8-9,11-12H,7,10,13-14H2. The van der Waals surface area contributed by atoms with Gasteiger partial charge in [0.15, 0.2) is 5.76 Å². The number of nitrogens with zero attached hydrogens (tertiary/aromatic N) is 2. The van der Waals surface area contributed by atoms with E-state index in [1.54, 1.807) is 35.9 Å². The van der Waals surface area contributed by atoms with E-state index in [1.807, 2.05) is 18.2 Å². The topological polar surface area (TPSA) is 51.7 Å². The molecule has 0 unspecified atom stereocenters. The number of rotatable bonds is 4. The smallest absolute Gasteiger partial charge is 0.231 e. The highest BCUT2D eigenvalue weighted by Gasteiger charge is 2.33. The van der Waals surface area contributed by atoms with Crippen LogP contribution in [0.3, 0.4) is 0 Å². The average molecular weight is 390 g/mol. The molecule has 4 heterocycles. The summed E-state index contributed by atoms with van der Waals surface area (Å²) in [4.78, 5) is 20.4. The fourth-order valence-electron chi connectivity index (χ4n) is 3.48. The van der Waals surface area contributed by atoms with E-state index in [4.69, 9.17) is 9.47 Å². The number of allylic oxidation sites excluding steroid dienone is 1. The second kappa shape index (κ2) is 7.22. The maximum absolute atomic E-state index is 12.8. The molecule has 0 saturated heterocycles. The number of aromatic nitrogens is 1. The Morgan fingerprint density at radius 2 is 2.07 bits per heavy atom. The van der Waals surface area contributed by atoms with E-state index >= 15 is 0 Å². The van der Waals surface area contributed by atoms with Gasteiger partial charge in [-0.05, 0) is 53.8 Å². The Bertz CT molecular complexity index is 1050. The lowest BCUT2D eigenvalue weighted by atomic mass is 10.0. The van der Waals surface area contributed by atoms with Crippen molar-refractivity contribution in [2.75, 3.05) is 13.3 Å². The van der Waals surface area contributed by atoms with Crippen molar-refractivity contribution in [3.05, 3.63) is 81.5 Å². The van der Waals surface area contributed by atoms with Crippen molar-refractivity contribution >= 4 is 23.2 Å². The Kier molecular flexibility index (Phi) is 4.43. The van der Waals surface area contributed by atoms with Crippen molar-refractivity contribution in [2.45, 2.75) is 13.0 Å². The molecule has 0 saturated carbocycles. The predicted octanol–water partition coefficient (Wildman–Crippen LogP) is 4.15. The molecular formula is C22H18N2O3S. The number of thiophene rings is 1. The molecule has 0 bridgehead atoms. The van der Waals surface area contributed by atoms with Crippen LogP contribution in [0.1, 0.15) is 26.4 Å². The summed E-state index contributed by atoms with van der Waals surface area (Å²) >= 11 is 1.77. The van der Waals surface area contributed by atoms with Gasteiger partial charge in [-0.2, -0.15) is 0 Å². The Hall–Kier alpha value is -2.96. The third-order valence-electron chi connectivity index (χ3n) is 4.94. The first-order valence-corrected chi connectivity index (χ1v) is 10.0. The zero-order chi connectivity index (χ0) is 18.9. The molecule has 28 heavy (non-hydrogen) atoms. The zero-order valence-corrected chi connectivity index (χ0v) is 15.9. The Morgan fingerprint density at radius 1 is 1.18 bits per heavy atom.